The Hall–Kier alpha value is -2.02. The van der Waals surface area contributed by atoms with Crippen molar-refractivity contribution in [3.8, 4) is 0 Å². The third-order valence-corrected chi connectivity index (χ3v) is 2.69. The van der Waals surface area contributed by atoms with Gasteiger partial charge in [-0.25, -0.2) is 9.37 Å². The van der Waals surface area contributed by atoms with E-state index in [1.165, 1.54) is 6.20 Å². The molecule has 0 amide bonds. The first-order chi connectivity index (χ1) is 9.30. The standard InChI is InChI=1S/C12H5ClF4N2O/c13-11-7(1-2-9(19-11)12(15,16)17)10(20)6-3-4-18-5-8(6)14/h1-5H. The third-order valence-electron chi connectivity index (χ3n) is 2.40. The summed E-state index contributed by atoms with van der Waals surface area (Å²) >= 11 is 5.56. The molecule has 0 radical (unpaired) electrons. The predicted octanol–water partition coefficient (Wildman–Crippen LogP) is 3.52. The van der Waals surface area contributed by atoms with Crippen molar-refractivity contribution in [3.63, 3.8) is 0 Å². The number of ketones is 1. The van der Waals surface area contributed by atoms with Crippen molar-refractivity contribution in [2.24, 2.45) is 0 Å². The summed E-state index contributed by atoms with van der Waals surface area (Å²) in [5, 5.41) is -0.638. The summed E-state index contributed by atoms with van der Waals surface area (Å²) in [7, 11) is 0. The van der Waals surface area contributed by atoms with Gasteiger partial charge in [0.25, 0.3) is 0 Å². The quantitative estimate of drug-likeness (QED) is 0.484. The Labute approximate surface area is 115 Å². The van der Waals surface area contributed by atoms with Crippen LogP contribution in [-0.4, -0.2) is 15.8 Å². The molecule has 0 aromatic carbocycles. The van der Waals surface area contributed by atoms with Gasteiger partial charge in [0.15, 0.2) is 11.6 Å². The second-order valence-corrected chi connectivity index (χ2v) is 4.08. The normalized spacial score (nSPS) is 11.4. The minimum atomic E-state index is -4.67. The summed E-state index contributed by atoms with van der Waals surface area (Å²) in [6.07, 6.45) is -2.67. The van der Waals surface area contributed by atoms with E-state index in [9.17, 15) is 22.4 Å². The minimum absolute atomic E-state index is 0.315. The lowest BCUT2D eigenvalue weighted by Gasteiger charge is -2.08. The fourth-order valence-corrected chi connectivity index (χ4v) is 1.71. The highest BCUT2D eigenvalue weighted by Gasteiger charge is 2.33. The van der Waals surface area contributed by atoms with Gasteiger partial charge in [-0.1, -0.05) is 11.6 Å². The number of alkyl halides is 3. The van der Waals surface area contributed by atoms with Gasteiger partial charge in [-0.2, -0.15) is 13.2 Å². The van der Waals surface area contributed by atoms with E-state index in [2.05, 4.69) is 9.97 Å². The van der Waals surface area contributed by atoms with E-state index in [0.717, 1.165) is 18.3 Å². The lowest BCUT2D eigenvalue weighted by Crippen LogP contribution is -2.11. The average Bonchev–Trinajstić information content (AvgIpc) is 2.37. The molecular weight excluding hydrogens is 300 g/mol. The van der Waals surface area contributed by atoms with Gasteiger partial charge in [0.05, 0.1) is 17.3 Å². The van der Waals surface area contributed by atoms with E-state index in [4.69, 9.17) is 11.6 Å². The van der Waals surface area contributed by atoms with E-state index >= 15 is 0 Å². The summed E-state index contributed by atoms with van der Waals surface area (Å²) in [5.74, 6) is -1.76. The van der Waals surface area contributed by atoms with Gasteiger partial charge in [0.1, 0.15) is 10.8 Å². The zero-order valence-electron chi connectivity index (χ0n) is 9.58. The lowest BCUT2D eigenvalue weighted by atomic mass is 10.1. The fourth-order valence-electron chi connectivity index (χ4n) is 1.47. The lowest BCUT2D eigenvalue weighted by molar-refractivity contribution is -0.141. The summed E-state index contributed by atoms with van der Waals surface area (Å²) in [4.78, 5) is 18.5. The summed E-state index contributed by atoms with van der Waals surface area (Å²) in [6, 6.07) is 2.57. The number of hydrogen-bond acceptors (Lipinski definition) is 3. The molecule has 0 saturated carbocycles. The highest BCUT2D eigenvalue weighted by Crippen LogP contribution is 2.30. The van der Waals surface area contributed by atoms with Gasteiger partial charge in [-0.15, -0.1) is 0 Å². The number of aromatic nitrogens is 2. The maximum Gasteiger partial charge on any atom is 0.433 e. The fraction of sp³-hybridized carbons (Fsp3) is 0.0833. The second kappa shape index (κ2) is 5.16. The topological polar surface area (TPSA) is 42.9 Å². The largest absolute Gasteiger partial charge is 0.433 e. The average molecular weight is 305 g/mol. The van der Waals surface area contributed by atoms with Gasteiger partial charge in [-0.3, -0.25) is 9.78 Å². The molecule has 8 heteroatoms. The van der Waals surface area contributed by atoms with E-state index in [1.807, 2.05) is 0 Å². The SMILES string of the molecule is O=C(c1ccncc1F)c1ccc(C(F)(F)F)nc1Cl. The number of halogens is 5. The van der Waals surface area contributed by atoms with Crippen LogP contribution in [-0.2, 0) is 6.18 Å². The molecule has 2 aromatic rings. The number of nitrogens with zero attached hydrogens (tertiary/aromatic N) is 2. The van der Waals surface area contributed by atoms with Gasteiger partial charge >= 0.3 is 6.18 Å². The number of pyridine rings is 2. The van der Waals surface area contributed by atoms with Crippen molar-refractivity contribution in [2.75, 3.05) is 0 Å². The molecule has 0 atom stereocenters. The molecule has 2 aromatic heterocycles. The number of rotatable bonds is 2. The van der Waals surface area contributed by atoms with Gasteiger partial charge < -0.3 is 0 Å². The predicted molar refractivity (Wildman–Crippen MR) is 61.9 cm³/mol. The van der Waals surface area contributed by atoms with E-state index < -0.39 is 28.6 Å². The zero-order valence-corrected chi connectivity index (χ0v) is 10.3. The van der Waals surface area contributed by atoms with E-state index in [0.29, 0.717) is 6.07 Å². The summed E-state index contributed by atoms with van der Waals surface area (Å²) in [6.45, 7) is 0. The van der Waals surface area contributed by atoms with Gasteiger partial charge in [0.2, 0.25) is 0 Å². The highest BCUT2D eigenvalue weighted by molar-refractivity contribution is 6.33. The van der Waals surface area contributed by atoms with Crippen LogP contribution in [0.1, 0.15) is 21.6 Å². The van der Waals surface area contributed by atoms with Crippen molar-refractivity contribution in [2.45, 2.75) is 6.18 Å². The van der Waals surface area contributed by atoms with Crippen LogP contribution in [0.2, 0.25) is 5.15 Å². The van der Waals surface area contributed by atoms with Crippen LogP contribution in [0.5, 0.6) is 0 Å². The van der Waals surface area contributed by atoms with Crippen LogP contribution in [0.15, 0.2) is 30.6 Å². The van der Waals surface area contributed by atoms with Crippen LogP contribution in [0.3, 0.4) is 0 Å². The molecule has 0 aliphatic heterocycles. The minimum Gasteiger partial charge on any atom is -0.288 e. The van der Waals surface area contributed by atoms with E-state index in [1.54, 1.807) is 0 Å². The Bertz CT molecular complexity index is 673. The zero-order chi connectivity index (χ0) is 14.9. The molecule has 0 fully saturated rings. The molecule has 3 nitrogen and oxygen atoms in total. The molecule has 0 spiro atoms. The Balaban J connectivity index is 2.45. The van der Waals surface area contributed by atoms with Crippen molar-refractivity contribution in [1.29, 1.82) is 0 Å². The summed E-state index contributed by atoms with van der Waals surface area (Å²) in [5.41, 5.74) is -1.89. The molecule has 2 heterocycles. The molecule has 104 valence electrons. The third kappa shape index (κ3) is 2.77. The van der Waals surface area contributed by atoms with Crippen LogP contribution in [0.4, 0.5) is 17.6 Å². The molecular formula is C12H5ClF4N2O. The molecule has 20 heavy (non-hydrogen) atoms. The first-order valence-corrected chi connectivity index (χ1v) is 5.56. The molecule has 2 rings (SSSR count). The monoisotopic (exact) mass is 304 g/mol. The van der Waals surface area contributed by atoms with Gasteiger partial charge in [0, 0.05) is 6.20 Å². The number of carbonyl (C=O) groups is 1. The molecule has 0 N–H and O–H groups in total. The second-order valence-electron chi connectivity index (χ2n) is 3.72. The maximum atomic E-state index is 13.4. The smallest absolute Gasteiger partial charge is 0.288 e. The van der Waals surface area contributed by atoms with Crippen molar-refractivity contribution < 1.29 is 22.4 Å². The van der Waals surface area contributed by atoms with Gasteiger partial charge in [-0.05, 0) is 18.2 Å². The molecule has 0 aliphatic rings. The highest BCUT2D eigenvalue weighted by atomic mass is 35.5. The number of hydrogen-bond donors (Lipinski definition) is 0. The Morgan fingerprint density at radius 3 is 2.40 bits per heavy atom. The first kappa shape index (κ1) is 14.4. The molecule has 0 saturated heterocycles. The van der Waals surface area contributed by atoms with Crippen LogP contribution in [0, 0.1) is 5.82 Å². The van der Waals surface area contributed by atoms with Crippen molar-refractivity contribution in [3.05, 3.63) is 58.4 Å². The Kier molecular flexibility index (Phi) is 3.71. The number of carbonyl (C=O) groups excluding carboxylic acids is 1. The Morgan fingerprint density at radius 2 is 1.85 bits per heavy atom. The maximum absolute atomic E-state index is 13.4. The first-order valence-electron chi connectivity index (χ1n) is 5.18. The van der Waals surface area contributed by atoms with Crippen LogP contribution in [0.25, 0.3) is 0 Å². The summed E-state index contributed by atoms with van der Waals surface area (Å²) < 4.78 is 50.6. The Morgan fingerprint density at radius 1 is 1.15 bits per heavy atom. The molecule has 0 bridgehead atoms. The van der Waals surface area contributed by atoms with Crippen LogP contribution < -0.4 is 0 Å². The van der Waals surface area contributed by atoms with Crippen molar-refractivity contribution >= 4 is 17.4 Å². The van der Waals surface area contributed by atoms with Crippen molar-refractivity contribution in [1.82, 2.24) is 9.97 Å². The molecule has 0 aliphatic carbocycles. The molecule has 0 unspecified atom stereocenters. The van der Waals surface area contributed by atoms with E-state index in [-0.39, 0.29) is 11.1 Å². The van der Waals surface area contributed by atoms with Crippen LogP contribution >= 0.6 is 11.6 Å².